The van der Waals surface area contributed by atoms with Crippen LogP contribution in [0, 0.1) is 0 Å². The first kappa shape index (κ1) is 29.2. The average molecular weight is 690 g/mol. The van der Waals surface area contributed by atoms with E-state index in [9.17, 15) is 0 Å². The zero-order valence-electron chi connectivity index (χ0n) is 28.7. The molecule has 0 bridgehead atoms. The molecule has 11 aromatic rings. The van der Waals surface area contributed by atoms with Crippen molar-refractivity contribution < 1.29 is 8.83 Å². The monoisotopic (exact) mass is 689 g/mol. The van der Waals surface area contributed by atoms with E-state index >= 15 is 0 Å². The summed E-state index contributed by atoms with van der Waals surface area (Å²) >= 11 is 0. The van der Waals surface area contributed by atoms with E-state index in [1.165, 1.54) is 33.0 Å². The number of rotatable bonds is 4. The molecule has 3 aromatic heterocycles. The Balaban J connectivity index is 1.13. The van der Waals surface area contributed by atoms with Gasteiger partial charge in [0.15, 0.2) is 17.5 Å². The first-order chi connectivity index (χ1) is 26.8. The lowest BCUT2D eigenvalue weighted by Crippen LogP contribution is -2.01. The van der Waals surface area contributed by atoms with E-state index < -0.39 is 0 Å². The van der Waals surface area contributed by atoms with Crippen molar-refractivity contribution in [3.63, 3.8) is 0 Å². The summed E-state index contributed by atoms with van der Waals surface area (Å²) < 4.78 is 13.1. The highest BCUT2D eigenvalue weighted by Crippen LogP contribution is 2.50. The number of hydrogen-bond donors (Lipinski definition) is 0. The molecule has 1 aliphatic carbocycles. The van der Waals surface area contributed by atoms with Crippen LogP contribution in [0.4, 0.5) is 0 Å². The quantitative estimate of drug-likeness (QED) is 0.184. The Morgan fingerprint density at radius 1 is 0.315 bits per heavy atom. The third kappa shape index (κ3) is 4.18. The lowest BCUT2D eigenvalue weighted by molar-refractivity contribution is 0.669. The maximum atomic E-state index is 6.81. The molecule has 0 spiro atoms. The van der Waals surface area contributed by atoms with E-state index in [0.29, 0.717) is 17.5 Å². The van der Waals surface area contributed by atoms with E-state index in [0.717, 1.165) is 71.7 Å². The van der Waals surface area contributed by atoms with E-state index in [2.05, 4.69) is 91.0 Å². The molecule has 5 nitrogen and oxygen atoms in total. The largest absolute Gasteiger partial charge is 0.456 e. The van der Waals surface area contributed by atoms with E-state index in [-0.39, 0.29) is 0 Å². The maximum Gasteiger partial charge on any atom is 0.164 e. The van der Waals surface area contributed by atoms with Crippen molar-refractivity contribution in [2.45, 2.75) is 0 Å². The van der Waals surface area contributed by atoms with Gasteiger partial charge in [-0.2, -0.15) is 0 Å². The van der Waals surface area contributed by atoms with Crippen LogP contribution in [-0.4, -0.2) is 15.0 Å². The summed E-state index contributed by atoms with van der Waals surface area (Å²) in [7, 11) is 0. The fourth-order valence-electron chi connectivity index (χ4n) is 8.51. The fourth-order valence-corrected chi connectivity index (χ4v) is 8.51. The minimum atomic E-state index is 0.572. The average Bonchev–Trinajstić information content (AvgIpc) is 3.92. The van der Waals surface area contributed by atoms with Gasteiger partial charge in [0.05, 0.1) is 0 Å². The van der Waals surface area contributed by atoms with Crippen LogP contribution in [0.2, 0.25) is 0 Å². The molecular weight excluding hydrogens is 663 g/mol. The second-order valence-corrected chi connectivity index (χ2v) is 13.9. The molecule has 0 saturated carbocycles. The molecule has 8 aromatic carbocycles. The van der Waals surface area contributed by atoms with Crippen molar-refractivity contribution in [3.8, 4) is 67.5 Å². The van der Waals surface area contributed by atoms with Gasteiger partial charge >= 0.3 is 0 Å². The Morgan fingerprint density at radius 3 is 1.70 bits per heavy atom. The molecule has 1 aliphatic rings. The molecule has 0 unspecified atom stereocenters. The van der Waals surface area contributed by atoms with Crippen molar-refractivity contribution >= 4 is 54.6 Å². The minimum absolute atomic E-state index is 0.572. The Kier molecular flexibility index (Phi) is 5.99. The lowest BCUT2D eigenvalue weighted by atomic mass is 9.93. The molecule has 0 aliphatic heterocycles. The highest BCUT2D eigenvalue weighted by molar-refractivity contribution is 6.19. The topological polar surface area (TPSA) is 65.0 Å². The van der Waals surface area contributed by atoms with Crippen LogP contribution in [0.1, 0.15) is 0 Å². The molecule has 54 heavy (non-hydrogen) atoms. The SMILES string of the molecule is c1ccc(-c2nc(-c3cccc4oc5ccccc5c34)nc(-c3ccc(-c4cc5c6c(cccc6c4)-c4ccccc4-5)c4oc5ccccc5c34)n2)cc1. The fraction of sp³-hybridized carbons (Fsp3) is 0. The van der Waals surface area contributed by atoms with Crippen LogP contribution in [0.25, 0.3) is 122 Å². The molecule has 0 fully saturated rings. The smallest absolute Gasteiger partial charge is 0.164 e. The van der Waals surface area contributed by atoms with Crippen LogP contribution >= 0.6 is 0 Å². The number of nitrogens with zero attached hydrogens (tertiary/aromatic N) is 3. The van der Waals surface area contributed by atoms with E-state index in [1.807, 2.05) is 72.8 Å². The number of furan rings is 2. The first-order valence-corrected chi connectivity index (χ1v) is 18.1. The summed E-state index contributed by atoms with van der Waals surface area (Å²) in [6, 6.07) is 56.7. The van der Waals surface area contributed by atoms with Gasteiger partial charge in [-0.25, -0.2) is 15.0 Å². The number of para-hydroxylation sites is 2. The molecular formula is C49H27N3O2. The van der Waals surface area contributed by atoms with Gasteiger partial charge in [-0.3, -0.25) is 0 Å². The van der Waals surface area contributed by atoms with Gasteiger partial charge in [-0.1, -0.05) is 121 Å². The molecule has 250 valence electrons. The summed E-state index contributed by atoms with van der Waals surface area (Å²) in [5.74, 6) is 1.74. The van der Waals surface area contributed by atoms with Crippen molar-refractivity contribution in [2.75, 3.05) is 0 Å². The van der Waals surface area contributed by atoms with E-state index in [4.69, 9.17) is 23.8 Å². The third-order valence-electron chi connectivity index (χ3n) is 10.9. The van der Waals surface area contributed by atoms with Gasteiger partial charge in [0, 0.05) is 43.8 Å². The second-order valence-electron chi connectivity index (χ2n) is 13.9. The Labute approximate surface area is 308 Å². The Bertz CT molecular complexity index is 3340. The van der Waals surface area contributed by atoms with Crippen LogP contribution < -0.4 is 0 Å². The van der Waals surface area contributed by atoms with Crippen LogP contribution in [0.5, 0.6) is 0 Å². The lowest BCUT2D eigenvalue weighted by Gasteiger charge is -2.12. The maximum absolute atomic E-state index is 6.81. The second kappa shape index (κ2) is 11.1. The summed E-state index contributed by atoms with van der Waals surface area (Å²) in [6.45, 7) is 0. The molecule has 3 heterocycles. The summed E-state index contributed by atoms with van der Waals surface area (Å²) in [5, 5.41) is 6.48. The van der Waals surface area contributed by atoms with Crippen molar-refractivity contribution in [1.29, 1.82) is 0 Å². The molecule has 0 saturated heterocycles. The Hall–Kier alpha value is -7.37. The molecule has 12 rings (SSSR count). The minimum Gasteiger partial charge on any atom is -0.456 e. The highest BCUT2D eigenvalue weighted by atomic mass is 16.3. The summed E-state index contributed by atoms with van der Waals surface area (Å²) in [6.07, 6.45) is 0. The normalized spacial score (nSPS) is 12.1. The van der Waals surface area contributed by atoms with Gasteiger partial charge in [0.25, 0.3) is 0 Å². The van der Waals surface area contributed by atoms with Gasteiger partial charge in [-0.05, 0) is 81.1 Å². The predicted octanol–water partition coefficient (Wildman–Crippen LogP) is 13.1. The van der Waals surface area contributed by atoms with Crippen LogP contribution in [0.3, 0.4) is 0 Å². The van der Waals surface area contributed by atoms with Gasteiger partial charge < -0.3 is 8.83 Å². The van der Waals surface area contributed by atoms with Crippen molar-refractivity contribution in [2.24, 2.45) is 0 Å². The molecule has 0 N–H and O–H groups in total. The zero-order chi connectivity index (χ0) is 35.3. The predicted molar refractivity (Wildman–Crippen MR) is 218 cm³/mol. The summed E-state index contributed by atoms with van der Waals surface area (Å²) in [5.41, 5.74) is 13.1. The number of benzene rings is 8. The van der Waals surface area contributed by atoms with Crippen LogP contribution in [0.15, 0.2) is 173 Å². The van der Waals surface area contributed by atoms with Crippen LogP contribution in [-0.2, 0) is 0 Å². The number of fused-ring (bicyclic) bond motifs is 9. The molecule has 0 radical (unpaired) electrons. The highest BCUT2D eigenvalue weighted by Gasteiger charge is 2.25. The number of hydrogen-bond acceptors (Lipinski definition) is 5. The van der Waals surface area contributed by atoms with Gasteiger partial charge in [0.2, 0.25) is 0 Å². The number of aromatic nitrogens is 3. The molecule has 0 atom stereocenters. The van der Waals surface area contributed by atoms with Crippen molar-refractivity contribution in [3.05, 3.63) is 164 Å². The molecule has 0 amide bonds. The zero-order valence-corrected chi connectivity index (χ0v) is 28.7. The van der Waals surface area contributed by atoms with E-state index in [1.54, 1.807) is 0 Å². The van der Waals surface area contributed by atoms with Gasteiger partial charge in [-0.15, -0.1) is 0 Å². The van der Waals surface area contributed by atoms with Gasteiger partial charge in [0.1, 0.15) is 22.3 Å². The third-order valence-corrected chi connectivity index (χ3v) is 10.9. The molecule has 5 heteroatoms. The first-order valence-electron chi connectivity index (χ1n) is 18.1. The Morgan fingerprint density at radius 2 is 0.889 bits per heavy atom. The standard InChI is InChI=1S/C49H27N3O2/c1-2-12-28(13-3-1)47-50-48(37-20-11-23-42-44(37)35-17-6-8-21-40(35)53-42)52-49(51-47)38-25-24-31(46-45(38)36-18-7-9-22-41(36)54-46)30-26-29-14-10-19-34-32-15-4-5-16-33(32)39(27-30)43(29)34/h1-27H. The van der Waals surface area contributed by atoms with Crippen molar-refractivity contribution in [1.82, 2.24) is 15.0 Å². The summed E-state index contributed by atoms with van der Waals surface area (Å²) in [4.78, 5) is 15.6.